The molecule has 0 radical (unpaired) electrons. The molecule has 2 nitrogen and oxygen atoms in total. The number of nitrogens with one attached hydrogen (secondary N) is 1. The predicted molar refractivity (Wildman–Crippen MR) is 73.1 cm³/mol. The quantitative estimate of drug-likeness (QED) is 0.814. The summed E-state index contributed by atoms with van der Waals surface area (Å²) in [5.74, 6) is -1.62. The minimum atomic E-state index is -0.822. The molecule has 0 aliphatic heterocycles. The first-order chi connectivity index (χ1) is 9.06. The molecule has 1 aromatic rings. The monoisotopic (exact) mass is 271 g/mol. The van der Waals surface area contributed by atoms with Crippen LogP contribution >= 0.6 is 0 Å². The van der Waals surface area contributed by atoms with E-state index in [9.17, 15) is 8.78 Å². The Bertz CT molecular complexity index is 397. The van der Waals surface area contributed by atoms with Gasteiger partial charge in [-0.2, -0.15) is 0 Å². The van der Waals surface area contributed by atoms with Gasteiger partial charge >= 0.3 is 0 Å². The fourth-order valence-corrected chi connectivity index (χ4v) is 2.59. The average Bonchev–Trinajstić information content (AvgIpc) is 2.43. The van der Waals surface area contributed by atoms with Crippen LogP contribution in [-0.2, 0) is 4.74 Å². The lowest BCUT2D eigenvalue weighted by atomic mass is 9.83. The molecule has 0 aliphatic rings. The van der Waals surface area contributed by atoms with Crippen LogP contribution in [0.25, 0.3) is 0 Å². The summed E-state index contributed by atoms with van der Waals surface area (Å²) in [5, 5.41) is 3.23. The molecule has 0 saturated heterocycles. The van der Waals surface area contributed by atoms with Gasteiger partial charge in [-0.3, -0.25) is 0 Å². The van der Waals surface area contributed by atoms with Gasteiger partial charge in [0.15, 0.2) is 11.6 Å². The Morgan fingerprint density at radius 2 is 1.84 bits per heavy atom. The molecule has 1 atom stereocenters. The zero-order valence-electron chi connectivity index (χ0n) is 12.1. The van der Waals surface area contributed by atoms with Crippen molar-refractivity contribution in [2.75, 3.05) is 13.7 Å². The van der Waals surface area contributed by atoms with Crippen LogP contribution in [0.15, 0.2) is 18.2 Å². The highest BCUT2D eigenvalue weighted by Gasteiger charge is 2.38. The maximum absolute atomic E-state index is 14.0. The number of hydrogen-bond donors (Lipinski definition) is 1. The highest BCUT2D eigenvalue weighted by atomic mass is 19.2. The van der Waals surface area contributed by atoms with Crippen LogP contribution in [0.3, 0.4) is 0 Å². The molecule has 0 aromatic heterocycles. The van der Waals surface area contributed by atoms with E-state index < -0.39 is 17.2 Å². The lowest BCUT2D eigenvalue weighted by molar-refractivity contribution is -0.0491. The maximum Gasteiger partial charge on any atom is 0.163 e. The van der Waals surface area contributed by atoms with Gasteiger partial charge in [-0.25, -0.2) is 8.78 Å². The molecule has 1 rings (SSSR count). The summed E-state index contributed by atoms with van der Waals surface area (Å²) in [4.78, 5) is 0. The molecule has 0 saturated carbocycles. The van der Waals surface area contributed by atoms with Gasteiger partial charge in [-0.15, -0.1) is 0 Å². The van der Waals surface area contributed by atoms with Crippen molar-refractivity contribution in [1.29, 1.82) is 0 Å². The van der Waals surface area contributed by atoms with E-state index in [0.717, 1.165) is 6.07 Å². The number of ether oxygens (including phenoxy) is 1. The number of benzene rings is 1. The Balaban J connectivity index is 3.30. The van der Waals surface area contributed by atoms with Crippen molar-refractivity contribution in [2.45, 2.75) is 45.3 Å². The van der Waals surface area contributed by atoms with Crippen molar-refractivity contribution in [2.24, 2.45) is 0 Å². The third kappa shape index (κ3) is 3.12. The summed E-state index contributed by atoms with van der Waals surface area (Å²) in [6.45, 7) is 6.59. The topological polar surface area (TPSA) is 21.3 Å². The smallest absolute Gasteiger partial charge is 0.163 e. The summed E-state index contributed by atoms with van der Waals surface area (Å²) in [7, 11) is 1.62. The number of methoxy groups -OCH3 is 1. The highest BCUT2D eigenvalue weighted by molar-refractivity contribution is 5.25. The zero-order chi connectivity index (χ0) is 14.5. The second-order valence-electron chi connectivity index (χ2n) is 4.61. The molecule has 4 heteroatoms. The Hall–Kier alpha value is -1.00. The van der Waals surface area contributed by atoms with Crippen molar-refractivity contribution in [3.8, 4) is 0 Å². The Morgan fingerprint density at radius 3 is 2.32 bits per heavy atom. The fraction of sp³-hybridized carbons (Fsp3) is 0.600. The van der Waals surface area contributed by atoms with Gasteiger partial charge in [0.2, 0.25) is 0 Å². The number of halogens is 2. The summed E-state index contributed by atoms with van der Waals surface area (Å²) in [6, 6.07) is 3.91. The van der Waals surface area contributed by atoms with Crippen LogP contribution in [0.1, 0.15) is 45.2 Å². The molecule has 19 heavy (non-hydrogen) atoms. The molecule has 0 aliphatic carbocycles. The fourth-order valence-electron chi connectivity index (χ4n) is 2.59. The molecule has 0 spiro atoms. The summed E-state index contributed by atoms with van der Waals surface area (Å²) in [6.07, 6.45) is 1.43. The molecule has 108 valence electrons. The lowest BCUT2D eigenvalue weighted by Crippen LogP contribution is -2.45. The van der Waals surface area contributed by atoms with Crippen LogP contribution in [0, 0.1) is 11.6 Å². The average molecular weight is 271 g/mol. The largest absolute Gasteiger partial charge is 0.376 e. The van der Waals surface area contributed by atoms with E-state index in [1.54, 1.807) is 13.2 Å². The number of rotatable bonds is 7. The molecular formula is C15H23F2NO. The van der Waals surface area contributed by atoms with Gasteiger partial charge < -0.3 is 10.1 Å². The van der Waals surface area contributed by atoms with Crippen molar-refractivity contribution in [1.82, 2.24) is 5.32 Å². The molecule has 1 N–H and O–H groups in total. The first kappa shape index (κ1) is 16.1. The Kier molecular flexibility index (Phi) is 5.88. The van der Waals surface area contributed by atoms with E-state index >= 15 is 0 Å². The Labute approximate surface area is 114 Å². The minimum Gasteiger partial charge on any atom is -0.376 e. The van der Waals surface area contributed by atoms with Gasteiger partial charge in [0.05, 0.1) is 11.6 Å². The van der Waals surface area contributed by atoms with Crippen molar-refractivity contribution < 1.29 is 13.5 Å². The van der Waals surface area contributed by atoms with Gasteiger partial charge in [-0.1, -0.05) is 32.9 Å². The van der Waals surface area contributed by atoms with E-state index in [1.165, 1.54) is 6.07 Å². The van der Waals surface area contributed by atoms with Gasteiger partial charge in [0, 0.05) is 12.7 Å². The molecule has 0 bridgehead atoms. The van der Waals surface area contributed by atoms with Gasteiger partial charge in [-0.05, 0) is 25.5 Å². The molecule has 0 heterocycles. The van der Waals surface area contributed by atoms with E-state index in [-0.39, 0.29) is 6.04 Å². The van der Waals surface area contributed by atoms with E-state index in [2.05, 4.69) is 5.32 Å². The molecule has 0 amide bonds. The molecule has 1 unspecified atom stereocenters. The molecule has 1 aromatic carbocycles. The van der Waals surface area contributed by atoms with E-state index in [0.29, 0.717) is 24.9 Å². The third-order valence-electron chi connectivity index (χ3n) is 3.83. The first-order valence-electron chi connectivity index (χ1n) is 6.78. The number of likely N-dealkylation sites (N-methyl/N-ethyl adjacent to an activating group) is 1. The molecular weight excluding hydrogens is 248 g/mol. The van der Waals surface area contributed by atoms with Crippen molar-refractivity contribution >= 4 is 0 Å². The second kappa shape index (κ2) is 6.96. The normalized spacial score (nSPS) is 13.6. The van der Waals surface area contributed by atoms with Crippen LogP contribution in [-0.4, -0.2) is 19.3 Å². The summed E-state index contributed by atoms with van der Waals surface area (Å²) in [5.41, 5.74) is -0.211. The highest BCUT2D eigenvalue weighted by Crippen LogP contribution is 2.36. The van der Waals surface area contributed by atoms with Crippen LogP contribution in [0.2, 0.25) is 0 Å². The Morgan fingerprint density at radius 1 is 1.21 bits per heavy atom. The summed E-state index contributed by atoms with van der Waals surface area (Å²) >= 11 is 0. The van der Waals surface area contributed by atoms with Crippen molar-refractivity contribution in [3.63, 3.8) is 0 Å². The van der Waals surface area contributed by atoms with Gasteiger partial charge in [0.1, 0.15) is 0 Å². The first-order valence-corrected chi connectivity index (χ1v) is 6.78. The van der Waals surface area contributed by atoms with E-state index in [1.807, 2.05) is 20.8 Å². The summed E-state index contributed by atoms with van der Waals surface area (Å²) < 4.78 is 33.1. The lowest BCUT2D eigenvalue weighted by Gasteiger charge is -2.39. The zero-order valence-corrected chi connectivity index (χ0v) is 12.1. The van der Waals surface area contributed by atoms with Crippen LogP contribution in [0.4, 0.5) is 8.78 Å². The minimum absolute atomic E-state index is 0.326. The van der Waals surface area contributed by atoms with Crippen molar-refractivity contribution in [3.05, 3.63) is 35.4 Å². The maximum atomic E-state index is 14.0. The van der Waals surface area contributed by atoms with E-state index in [4.69, 9.17) is 4.74 Å². The van der Waals surface area contributed by atoms with Crippen LogP contribution < -0.4 is 5.32 Å². The van der Waals surface area contributed by atoms with Gasteiger partial charge in [0.25, 0.3) is 0 Å². The SMILES string of the molecule is CCNC(c1cccc(F)c1F)C(CC)(CC)OC. The predicted octanol–water partition coefficient (Wildman–Crippen LogP) is 3.82. The standard InChI is InChI=1S/C15H23F2NO/c1-5-15(6-2,19-4)14(18-7-3)11-9-8-10-12(16)13(11)17/h8-10,14,18H,5-7H2,1-4H3. The second-order valence-corrected chi connectivity index (χ2v) is 4.61. The van der Waals surface area contributed by atoms with Crippen LogP contribution in [0.5, 0.6) is 0 Å². The molecule has 0 fully saturated rings. The third-order valence-corrected chi connectivity index (χ3v) is 3.83. The number of hydrogen-bond acceptors (Lipinski definition) is 2.